The zero-order valence-corrected chi connectivity index (χ0v) is 21.3. The van der Waals surface area contributed by atoms with Crippen LogP contribution in [-0.2, 0) is 10.0 Å². The van der Waals surface area contributed by atoms with E-state index in [0.29, 0.717) is 22.7 Å². The van der Waals surface area contributed by atoms with Crippen LogP contribution in [0.25, 0.3) is 17.1 Å². The third kappa shape index (κ3) is 5.22. The number of rotatable bonds is 9. The third-order valence-electron chi connectivity index (χ3n) is 5.64. The molecule has 0 aliphatic carbocycles. The van der Waals surface area contributed by atoms with E-state index in [-0.39, 0.29) is 17.5 Å². The van der Waals surface area contributed by atoms with Gasteiger partial charge in [0.05, 0.1) is 26.1 Å². The number of halogens is 1. The van der Waals surface area contributed by atoms with E-state index in [1.807, 2.05) is 13.0 Å². The Morgan fingerprint density at radius 3 is 2.35 bits per heavy atom. The van der Waals surface area contributed by atoms with Crippen molar-refractivity contribution in [1.82, 2.24) is 24.7 Å². The number of hydrogen-bond acceptors (Lipinski definition) is 9. The van der Waals surface area contributed by atoms with Gasteiger partial charge in [-0.05, 0) is 49.7 Å². The lowest BCUT2D eigenvalue weighted by Gasteiger charge is -2.21. The van der Waals surface area contributed by atoms with Crippen molar-refractivity contribution < 1.29 is 27.4 Å². The molecule has 37 heavy (non-hydrogen) atoms. The molecule has 0 saturated heterocycles. The van der Waals surface area contributed by atoms with Gasteiger partial charge in [0.1, 0.15) is 34.4 Å². The molecule has 4 rings (SSSR count). The number of benzene rings is 1. The van der Waals surface area contributed by atoms with Gasteiger partial charge in [-0.3, -0.25) is 19.3 Å². The average molecular weight is 529 g/mol. The normalized spacial score (nSPS) is 13.1. The van der Waals surface area contributed by atoms with Crippen LogP contribution in [0, 0.1) is 12.7 Å². The van der Waals surface area contributed by atoms with Crippen molar-refractivity contribution in [3.8, 4) is 28.6 Å². The van der Waals surface area contributed by atoms with Crippen molar-refractivity contribution in [3.05, 3.63) is 72.1 Å². The fourth-order valence-electron chi connectivity index (χ4n) is 3.67. The largest absolute Gasteiger partial charge is 0.494 e. The number of ether oxygens (including phenoxy) is 2. The number of aliphatic hydroxyl groups is 1. The quantitative estimate of drug-likeness (QED) is 0.335. The maximum Gasteiger partial charge on any atom is 0.243 e. The van der Waals surface area contributed by atoms with E-state index in [9.17, 15) is 17.9 Å². The van der Waals surface area contributed by atoms with E-state index < -0.39 is 27.2 Å². The highest BCUT2D eigenvalue weighted by Crippen LogP contribution is 2.38. The van der Waals surface area contributed by atoms with Crippen LogP contribution in [0.4, 0.5) is 10.3 Å². The van der Waals surface area contributed by atoms with Crippen LogP contribution >= 0.6 is 0 Å². The average Bonchev–Trinajstić information content (AvgIpc) is 3.29. The van der Waals surface area contributed by atoms with E-state index in [4.69, 9.17) is 9.47 Å². The van der Waals surface area contributed by atoms with E-state index in [2.05, 4.69) is 24.9 Å². The van der Waals surface area contributed by atoms with Crippen molar-refractivity contribution in [2.75, 3.05) is 18.9 Å². The number of methoxy groups -OCH3 is 2. The number of nitrogens with zero attached hydrogens (tertiary/aromatic N) is 5. The van der Waals surface area contributed by atoms with Gasteiger partial charge in [-0.25, -0.2) is 12.8 Å². The molecule has 0 saturated carbocycles. The van der Waals surface area contributed by atoms with E-state index in [0.717, 1.165) is 17.8 Å². The maximum absolute atomic E-state index is 13.3. The topological polar surface area (TPSA) is 141 Å². The molecule has 0 fully saturated rings. The monoisotopic (exact) mass is 528 g/mol. The highest BCUT2D eigenvalue weighted by atomic mass is 32.2. The number of aromatic nitrogens is 5. The number of aryl methyl sites for hydroxylation is 1. The standard InChI is InChI=1S/C24H25FN6O5S/c1-14-10-16(12-26-11-14)23-28-29-24(31(23)21-19(35-3)6-5-7-20(21)36-4)30-37(33,34)15(2)22(32)18-9-8-17(25)13-27-18/h5-13,15,22,32H,1-4H3,(H,29,30)/t15-,22+/m0/s1. The Balaban J connectivity index is 1.83. The van der Waals surface area contributed by atoms with Crippen molar-refractivity contribution in [2.24, 2.45) is 0 Å². The molecule has 0 amide bonds. The minimum Gasteiger partial charge on any atom is -0.494 e. The van der Waals surface area contributed by atoms with Crippen LogP contribution in [0.2, 0.25) is 0 Å². The molecule has 0 aliphatic heterocycles. The summed E-state index contributed by atoms with van der Waals surface area (Å²) in [5, 5.41) is 17.6. The summed E-state index contributed by atoms with van der Waals surface area (Å²) in [7, 11) is -1.34. The van der Waals surface area contributed by atoms with Crippen LogP contribution in [0.1, 0.15) is 24.3 Å². The summed E-state index contributed by atoms with van der Waals surface area (Å²) >= 11 is 0. The van der Waals surface area contributed by atoms with Crippen molar-refractivity contribution in [2.45, 2.75) is 25.2 Å². The Labute approximate surface area is 213 Å². The van der Waals surface area contributed by atoms with Gasteiger partial charge in [-0.2, -0.15) is 0 Å². The summed E-state index contributed by atoms with van der Waals surface area (Å²) in [4.78, 5) is 8.00. The number of hydrogen-bond donors (Lipinski definition) is 2. The van der Waals surface area contributed by atoms with Gasteiger partial charge in [-0.1, -0.05) is 6.07 Å². The second-order valence-corrected chi connectivity index (χ2v) is 10.2. The molecule has 11 nitrogen and oxygen atoms in total. The minimum atomic E-state index is -4.27. The van der Waals surface area contributed by atoms with Crippen LogP contribution in [0.15, 0.2) is 55.0 Å². The molecule has 1 aromatic carbocycles. The minimum absolute atomic E-state index is 0.00124. The first-order chi connectivity index (χ1) is 17.7. The summed E-state index contributed by atoms with van der Waals surface area (Å²) in [5.74, 6) is 0.215. The number of para-hydroxylation sites is 1. The summed E-state index contributed by atoms with van der Waals surface area (Å²) in [5.41, 5.74) is 1.76. The molecule has 0 unspecified atom stereocenters. The second kappa shape index (κ2) is 10.5. The first-order valence-corrected chi connectivity index (χ1v) is 12.6. The van der Waals surface area contributed by atoms with E-state index in [1.54, 1.807) is 30.6 Å². The molecule has 0 radical (unpaired) electrons. The fraction of sp³-hybridized carbons (Fsp3) is 0.250. The second-order valence-electron chi connectivity index (χ2n) is 8.14. The summed E-state index contributed by atoms with van der Waals surface area (Å²) < 4.78 is 54.9. The number of pyridine rings is 2. The van der Waals surface area contributed by atoms with Crippen LogP contribution in [0.5, 0.6) is 11.5 Å². The van der Waals surface area contributed by atoms with Crippen molar-refractivity contribution in [3.63, 3.8) is 0 Å². The molecule has 2 N–H and O–H groups in total. The van der Waals surface area contributed by atoms with Gasteiger partial charge in [0.15, 0.2) is 5.82 Å². The zero-order valence-electron chi connectivity index (χ0n) is 20.5. The van der Waals surface area contributed by atoms with Crippen LogP contribution in [0.3, 0.4) is 0 Å². The Bertz CT molecular complexity index is 1490. The van der Waals surface area contributed by atoms with Crippen molar-refractivity contribution in [1.29, 1.82) is 0 Å². The number of nitrogens with one attached hydrogen (secondary N) is 1. The SMILES string of the molecule is COc1cccc(OC)c1-n1c(NS(=O)(=O)[C@@H](C)[C@@H](O)c2ccc(F)cn2)nnc1-c1cncc(C)c1. The lowest BCUT2D eigenvalue weighted by atomic mass is 10.2. The van der Waals surface area contributed by atoms with Crippen molar-refractivity contribution >= 4 is 16.0 Å². The molecular weight excluding hydrogens is 503 g/mol. The predicted molar refractivity (Wildman–Crippen MR) is 134 cm³/mol. The van der Waals surface area contributed by atoms with Gasteiger partial charge >= 0.3 is 0 Å². The highest BCUT2D eigenvalue weighted by molar-refractivity contribution is 7.93. The van der Waals surface area contributed by atoms with Gasteiger partial charge in [0, 0.05) is 18.0 Å². The summed E-state index contributed by atoms with van der Waals surface area (Å²) in [6.45, 7) is 3.16. The molecule has 4 aromatic rings. The smallest absolute Gasteiger partial charge is 0.243 e. The molecule has 13 heteroatoms. The van der Waals surface area contributed by atoms with E-state index in [1.165, 1.54) is 31.8 Å². The molecule has 0 bridgehead atoms. The van der Waals surface area contributed by atoms with Crippen LogP contribution in [-0.4, -0.2) is 57.7 Å². The first kappa shape index (κ1) is 26.0. The Hall–Kier alpha value is -4.10. The number of anilines is 1. The Morgan fingerprint density at radius 1 is 1.05 bits per heavy atom. The summed E-state index contributed by atoms with van der Waals surface area (Å²) in [6.07, 6.45) is 2.60. The highest BCUT2D eigenvalue weighted by Gasteiger charge is 2.33. The van der Waals surface area contributed by atoms with E-state index >= 15 is 0 Å². The molecule has 2 atom stereocenters. The first-order valence-electron chi connectivity index (χ1n) is 11.1. The number of aliphatic hydroxyl groups excluding tert-OH is 1. The van der Waals surface area contributed by atoms with Gasteiger partial charge in [0.2, 0.25) is 16.0 Å². The molecule has 0 spiro atoms. The fourth-order valence-corrected chi connectivity index (χ4v) is 4.72. The predicted octanol–water partition coefficient (Wildman–Crippen LogP) is 3.05. The molecule has 3 heterocycles. The molecular formula is C24H25FN6O5S. The molecule has 3 aromatic heterocycles. The lowest BCUT2D eigenvalue weighted by Crippen LogP contribution is -2.32. The lowest BCUT2D eigenvalue weighted by molar-refractivity contribution is 0.171. The third-order valence-corrected chi connectivity index (χ3v) is 7.35. The van der Waals surface area contributed by atoms with Gasteiger partial charge in [-0.15, -0.1) is 10.2 Å². The molecule has 0 aliphatic rings. The Kier molecular flexibility index (Phi) is 7.36. The zero-order chi connectivity index (χ0) is 26.7. The van der Waals surface area contributed by atoms with Gasteiger partial charge < -0.3 is 14.6 Å². The van der Waals surface area contributed by atoms with Gasteiger partial charge in [0.25, 0.3) is 0 Å². The maximum atomic E-state index is 13.3. The summed E-state index contributed by atoms with van der Waals surface area (Å²) in [6, 6.07) is 9.21. The van der Waals surface area contributed by atoms with Crippen LogP contribution < -0.4 is 14.2 Å². The Morgan fingerprint density at radius 2 is 1.76 bits per heavy atom. The number of sulfonamides is 1. The molecule has 194 valence electrons.